The van der Waals surface area contributed by atoms with Crippen LogP contribution in [-0.4, -0.2) is 103 Å². The molecule has 0 spiro atoms. The summed E-state index contributed by atoms with van der Waals surface area (Å²) in [7, 11) is -3.87. The summed E-state index contributed by atoms with van der Waals surface area (Å²) in [5.41, 5.74) is 0.594. The number of nitrogens with zero attached hydrogens (tertiary/aromatic N) is 2. The molecule has 7 rings (SSSR count). The number of carbonyl (C=O) groups excluding carboxylic acids is 5. The molecule has 0 unspecified atom stereocenters. The van der Waals surface area contributed by atoms with Crippen molar-refractivity contribution in [1.82, 2.24) is 25.2 Å². The van der Waals surface area contributed by atoms with Gasteiger partial charge in [-0.2, -0.15) is 0 Å². The number of carbonyl (C=O) groups is 5. The number of hydrogen-bond donors (Lipinski definition) is 3. The van der Waals surface area contributed by atoms with Crippen LogP contribution in [0.5, 0.6) is 0 Å². The minimum absolute atomic E-state index is 0.0356. The number of amides is 5. The molecule has 0 radical (unpaired) electrons. The summed E-state index contributed by atoms with van der Waals surface area (Å²) in [6, 6.07) is 5.56. The predicted octanol–water partition coefficient (Wildman–Crippen LogP) is 2.61. The fraction of sp³-hybridized carbons (Fsp3) is 0.694. The molecule has 1 aromatic carbocycles. The van der Waals surface area contributed by atoms with E-state index in [0.717, 1.165) is 36.8 Å². The second-order valence-electron chi connectivity index (χ2n) is 15.2. The van der Waals surface area contributed by atoms with Crippen molar-refractivity contribution < 1.29 is 46.6 Å². The van der Waals surface area contributed by atoms with E-state index in [0.29, 0.717) is 71.2 Å². The second kappa shape index (κ2) is 15.2. The Morgan fingerprint density at radius 2 is 1.54 bits per heavy atom. The van der Waals surface area contributed by atoms with Crippen molar-refractivity contribution in [3.63, 3.8) is 0 Å². The van der Waals surface area contributed by atoms with Gasteiger partial charge in [-0.3, -0.25) is 24.0 Å². The fourth-order valence-electron chi connectivity index (χ4n) is 8.05. The second-order valence-corrected chi connectivity index (χ2v) is 17.1. The molecule has 3 N–H and O–H groups in total. The Morgan fingerprint density at radius 1 is 0.865 bits per heavy atom. The Bertz CT molecular complexity index is 1640. The van der Waals surface area contributed by atoms with Gasteiger partial charge in [-0.1, -0.05) is 56.4 Å². The number of benzene rings is 1. The maximum Gasteiger partial charge on any atom is 0.410 e. The predicted molar refractivity (Wildman–Crippen MR) is 185 cm³/mol. The van der Waals surface area contributed by atoms with Gasteiger partial charge in [-0.05, 0) is 49.1 Å². The van der Waals surface area contributed by atoms with E-state index in [9.17, 15) is 32.4 Å². The van der Waals surface area contributed by atoms with Gasteiger partial charge >= 0.3 is 12.2 Å². The number of hydrogen-bond acceptors (Lipinski definition) is 10. The van der Waals surface area contributed by atoms with Gasteiger partial charge in [-0.15, -0.1) is 0 Å². The smallest absolute Gasteiger partial charge is 0.410 e. The molecule has 4 aliphatic heterocycles. The number of sulfonamides is 1. The average Bonchev–Trinajstić information content (AvgIpc) is 4.01. The van der Waals surface area contributed by atoms with Crippen molar-refractivity contribution in [3.05, 3.63) is 35.4 Å². The van der Waals surface area contributed by atoms with Crippen molar-refractivity contribution in [2.24, 2.45) is 5.92 Å². The van der Waals surface area contributed by atoms with Gasteiger partial charge in [0.15, 0.2) is 0 Å². The molecule has 0 bridgehead atoms. The third kappa shape index (κ3) is 8.17. The zero-order valence-electron chi connectivity index (χ0n) is 29.4. The zero-order valence-corrected chi connectivity index (χ0v) is 30.2. The first-order chi connectivity index (χ1) is 25.0. The van der Waals surface area contributed by atoms with Crippen LogP contribution in [0, 0.1) is 5.92 Å². The minimum Gasteiger partial charge on any atom is -0.446 e. The van der Waals surface area contributed by atoms with Crippen LogP contribution in [0.25, 0.3) is 0 Å². The van der Waals surface area contributed by atoms with E-state index in [1.165, 1.54) is 4.90 Å². The SMILES string of the molecule is O=C(N[C@H]1CCCCCCC[C@@H]2C[C@@]2(C(=O)NS(=O)(=O)C2CC2)NC(=O)[C@@H]2C[C@@H](OC(=O)N3Cc4ccccc4C3)CN2C1=O)OC1CCOCC1. The van der Waals surface area contributed by atoms with E-state index in [4.69, 9.17) is 14.2 Å². The topological polar surface area (TPSA) is 190 Å². The van der Waals surface area contributed by atoms with Crippen LogP contribution in [0.1, 0.15) is 94.6 Å². The molecule has 1 aromatic rings. The Morgan fingerprint density at radius 3 is 2.23 bits per heavy atom. The van der Waals surface area contributed by atoms with E-state index in [1.54, 1.807) is 4.90 Å². The summed E-state index contributed by atoms with van der Waals surface area (Å²) < 4.78 is 44.7. The highest BCUT2D eigenvalue weighted by Crippen LogP contribution is 2.48. The number of alkyl carbamates (subject to hydrolysis) is 1. The molecule has 16 heteroatoms. The zero-order chi connectivity index (χ0) is 36.5. The summed E-state index contributed by atoms with van der Waals surface area (Å²) in [5, 5.41) is 5.02. The third-order valence-electron chi connectivity index (χ3n) is 11.3. The molecule has 2 saturated carbocycles. The largest absolute Gasteiger partial charge is 0.446 e. The summed E-state index contributed by atoms with van der Waals surface area (Å²) in [4.78, 5) is 71.7. The standard InChI is InChI=1S/C36H49N5O10S/c42-31-30-18-27(51-35(46)40-20-23-8-6-7-9-24(23)21-40)22-41(30)32(43)29(37-34(45)50-26-14-16-49-17-15-26)11-5-3-1-2-4-10-25-19-36(25,38-31)33(44)39-52(47,48)28-12-13-28/h6-9,25-30H,1-5,10-22H2,(H,37,45)(H,38,42)(H,39,44)/t25-,27-,29+,30+,36-/m1/s1. The van der Waals surface area contributed by atoms with Crippen LogP contribution in [0.4, 0.5) is 9.59 Å². The number of fused-ring (bicyclic) bond motifs is 3. The average molecular weight is 744 g/mol. The summed E-state index contributed by atoms with van der Waals surface area (Å²) in [6.45, 7) is 1.59. The first-order valence-electron chi connectivity index (χ1n) is 18.8. The fourth-order valence-corrected chi connectivity index (χ4v) is 9.42. The van der Waals surface area contributed by atoms with Gasteiger partial charge < -0.3 is 29.7 Å². The molecule has 284 valence electrons. The molecule has 15 nitrogen and oxygen atoms in total. The Kier molecular flexibility index (Phi) is 10.7. The van der Waals surface area contributed by atoms with Crippen molar-refractivity contribution in [1.29, 1.82) is 0 Å². The molecular weight excluding hydrogens is 694 g/mol. The van der Waals surface area contributed by atoms with Crippen LogP contribution in [0.2, 0.25) is 0 Å². The molecule has 2 aliphatic carbocycles. The molecule has 4 heterocycles. The van der Waals surface area contributed by atoms with Crippen molar-refractivity contribution in [2.75, 3.05) is 19.8 Å². The van der Waals surface area contributed by atoms with E-state index < -0.39 is 68.9 Å². The first-order valence-corrected chi connectivity index (χ1v) is 20.3. The maximum absolute atomic E-state index is 14.4. The van der Waals surface area contributed by atoms with Gasteiger partial charge in [-0.25, -0.2) is 18.0 Å². The van der Waals surface area contributed by atoms with Gasteiger partial charge in [0.1, 0.15) is 29.8 Å². The number of ether oxygens (including phenoxy) is 3. The molecular formula is C36H49N5O10S. The molecule has 0 aromatic heterocycles. The van der Waals surface area contributed by atoms with E-state index >= 15 is 0 Å². The van der Waals surface area contributed by atoms with Crippen LogP contribution in [0.15, 0.2) is 24.3 Å². The van der Waals surface area contributed by atoms with Crippen LogP contribution < -0.4 is 15.4 Å². The Hall–Kier alpha value is -3.92. The van der Waals surface area contributed by atoms with Crippen molar-refractivity contribution in [3.8, 4) is 0 Å². The van der Waals surface area contributed by atoms with Gasteiger partial charge in [0.2, 0.25) is 21.8 Å². The highest BCUT2D eigenvalue weighted by molar-refractivity contribution is 7.91. The van der Waals surface area contributed by atoms with Gasteiger partial charge in [0, 0.05) is 32.4 Å². The Balaban J connectivity index is 1.11. The van der Waals surface area contributed by atoms with Crippen molar-refractivity contribution in [2.45, 2.75) is 132 Å². The van der Waals surface area contributed by atoms with Crippen LogP contribution in [0.3, 0.4) is 0 Å². The normalized spacial score (nSPS) is 30.1. The molecule has 5 amide bonds. The molecule has 3 saturated heterocycles. The Labute approximate surface area is 303 Å². The highest BCUT2D eigenvalue weighted by Gasteiger charge is 2.62. The van der Waals surface area contributed by atoms with Gasteiger partial charge in [0.05, 0.1) is 25.0 Å². The maximum atomic E-state index is 14.4. The van der Waals surface area contributed by atoms with Gasteiger partial charge in [0.25, 0.3) is 5.91 Å². The lowest BCUT2D eigenvalue weighted by atomic mass is 10.0. The number of rotatable bonds is 6. The van der Waals surface area contributed by atoms with Crippen molar-refractivity contribution >= 4 is 39.9 Å². The third-order valence-corrected chi connectivity index (χ3v) is 13.2. The summed E-state index contributed by atoms with van der Waals surface area (Å²) in [6.07, 6.45) is 4.72. The number of nitrogens with one attached hydrogen (secondary N) is 3. The van der Waals surface area contributed by atoms with E-state index in [-0.39, 0.29) is 31.4 Å². The quantitative estimate of drug-likeness (QED) is 0.391. The molecule has 5 fully saturated rings. The monoisotopic (exact) mass is 743 g/mol. The highest BCUT2D eigenvalue weighted by atomic mass is 32.2. The lowest BCUT2D eigenvalue weighted by molar-refractivity contribution is -0.141. The van der Waals surface area contributed by atoms with Crippen LogP contribution in [-0.2, 0) is 51.7 Å². The molecule has 52 heavy (non-hydrogen) atoms. The molecule has 6 aliphatic rings. The summed E-state index contributed by atoms with van der Waals surface area (Å²) in [5.74, 6) is -2.18. The molecule has 5 atom stereocenters. The minimum atomic E-state index is -3.87. The lowest BCUT2D eigenvalue weighted by Crippen LogP contribution is -2.58. The van der Waals surface area contributed by atoms with E-state index in [2.05, 4.69) is 15.4 Å². The van der Waals surface area contributed by atoms with Crippen LogP contribution >= 0.6 is 0 Å². The van der Waals surface area contributed by atoms with E-state index in [1.807, 2.05) is 24.3 Å². The summed E-state index contributed by atoms with van der Waals surface area (Å²) >= 11 is 0. The lowest BCUT2D eigenvalue weighted by Gasteiger charge is -2.30. The first kappa shape index (κ1) is 36.4.